The third-order valence-corrected chi connectivity index (χ3v) is 2.50. The molecule has 0 aliphatic carbocycles. The number of nitrogens with one attached hydrogen (secondary N) is 2. The molecule has 1 amide bonds. The first kappa shape index (κ1) is 14.6. The zero-order chi connectivity index (χ0) is 13.4. The van der Waals surface area contributed by atoms with Crippen molar-refractivity contribution < 1.29 is 13.9 Å². The van der Waals surface area contributed by atoms with E-state index >= 15 is 0 Å². The van der Waals surface area contributed by atoms with E-state index in [2.05, 4.69) is 10.6 Å². The van der Waals surface area contributed by atoms with Crippen molar-refractivity contribution >= 4 is 5.91 Å². The van der Waals surface area contributed by atoms with Gasteiger partial charge in [0.25, 0.3) is 0 Å². The van der Waals surface area contributed by atoms with Gasteiger partial charge in [0, 0.05) is 32.2 Å². The second kappa shape index (κ2) is 7.79. The summed E-state index contributed by atoms with van der Waals surface area (Å²) in [6.07, 6.45) is 0.433. The number of benzene rings is 1. The number of halogens is 1. The van der Waals surface area contributed by atoms with Crippen LogP contribution in [0.1, 0.15) is 17.5 Å². The minimum atomic E-state index is -0.290. The molecule has 0 saturated heterocycles. The van der Waals surface area contributed by atoms with Crippen molar-refractivity contribution in [2.45, 2.75) is 19.6 Å². The molecule has 0 saturated carbocycles. The summed E-state index contributed by atoms with van der Waals surface area (Å²) in [5.74, 6) is -0.316. The average Bonchev–Trinajstić information content (AvgIpc) is 2.37. The molecule has 0 aliphatic heterocycles. The van der Waals surface area contributed by atoms with Gasteiger partial charge in [-0.15, -0.1) is 0 Å². The van der Waals surface area contributed by atoms with Crippen molar-refractivity contribution in [3.05, 3.63) is 35.1 Å². The van der Waals surface area contributed by atoms with E-state index in [1.165, 1.54) is 13.2 Å². The highest BCUT2D eigenvalue weighted by atomic mass is 19.1. The molecule has 0 fully saturated rings. The van der Waals surface area contributed by atoms with Crippen LogP contribution in [0.4, 0.5) is 4.39 Å². The lowest BCUT2D eigenvalue weighted by atomic mass is 10.1. The van der Waals surface area contributed by atoms with E-state index in [1.807, 2.05) is 0 Å². The van der Waals surface area contributed by atoms with E-state index < -0.39 is 0 Å². The Morgan fingerprint density at radius 2 is 2.22 bits per heavy atom. The van der Waals surface area contributed by atoms with E-state index in [9.17, 15) is 9.18 Å². The Hall–Kier alpha value is -1.46. The number of hydrogen-bond donors (Lipinski definition) is 2. The Kier molecular flexibility index (Phi) is 6.32. The van der Waals surface area contributed by atoms with Gasteiger partial charge in [-0.05, 0) is 24.7 Å². The third-order valence-electron chi connectivity index (χ3n) is 2.50. The Morgan fingerprint density at radius 1 is 1.44 bits per heavy atom. The van der Waals surface area contributed by atoms with Crippen molar-refractivity contribution in [1.82, 2.24) is 10.6 Å². The summed E-state index contributed by atoms with van der Waals surface area (Å²) in [7, 11) is 3.32. The Morgan fingerprint density at radius 3 is 2.89 bits per heavy atom. The summed E-state index contributed by atoms with van der Waals surface area (Å²) in [4.78, 5) is 11.4. The molecular weight excluding hydrogens is 235 g/mol. The summed E-state index contributed by atoms with van der Waals surface area (Å²) in [6.45, 7) is 1.27. The van der Waals surface area contributed by atoms with Gasteiger partial charge in [0.2, 0.25) is 5.91 Å². The van der Waals surface area contributed by atoms with Crippen LogP contribution in [0.15, 0.2) is 18.2 Å². The van der Waals surface area contributed by atoms with Gasteiger partial charge in [-0.25, -0.2) is 4.39 Å². The molecule has 100 valence electrons. The minimum Gasteiger partial charge on any atom is -0.380 e. The van der Waals surface area contributed by atoms with Crippen molar-refractivity contribution in [3.63, 3.8) is 0 Å². The fraction of sp³-hybridized carbons (Fsp3) is 0.462. The molecule has 0 atom stereocenters. The molecule has 0 unspecified atom stereocenters. The third kappa shape index (κ3) is 4.81. The number of rotatable bonds is 7. The van der Waals surface area contributed by atoms with Crippen LogP contribution in [0.5, 0.6) is 0 Å². The van der Waals surface area contributed by atoms with Crippen molar-refractivity contribution in [3.8, 4) is 0 Å². The topological polar surface area (TPSA) is 50.4 Å². The van der Waals surface area contributed by atoms with Gasteiger partial charge in [0.15, 0.2) is 0 Å². The average molecular weight is 254 g/mol. The Balaban J connectivity index is 2.52. The Bertz CT molecular complexity index is 397. The summed E-state index contributed by atoms with van der Waals surface area (Å²) in [6, 6.07) is 4.76. The van der Waals surface area contributed by atoms with Crippen LogP contribution in [-0.4, -0.2) is 26.6 Å². The highest BCUT2D eigenvalue weighted by Crippen LogP contribution is 2.11. The molecule has 2 N–H and O–H groups in total. The molecular formula is C13H19FN2O2. The maximum absolute atomic E-state index is 13.3. The van der Waals surface area contributed by atoms with Crippen LogP contribution in [0, 0.1) is 5.82 Å². The van der Waals surface area contributed by atoms with Crippen molar-refractivity contribution in [2.24, 2.45) is 0 Å². The highest BCUT2D eigenvalue weighted by Gasteiger charge is 2.05. The lowest BCUT2D eigenvalue weighted by molar-refractivity contribution is -0.121. The molecule has 1 aromatic rings. The zero-order valence-corrected chi connectivity index (χ0v) is 10.8. The van der Waals surface area contributed by atoms with E-state index in [4.69, 9.17) is 4.74 Å². The normalized spacial score (nSPS) is 10.4. The van der Waals surface area contributed by atoms with Gasteiger partial charge in [0.1, 0.15) is 5.82 Å². The SMILES string of the molecule is CNCCC(=O)NCc1ccc(F)c(COC)c1. The molecule has 0 radical (unpaired) electrons. The van der Waals surface area contributed by atoms with Crippen LogP contribution < -0.4 is 10.6 Å². The lowest BCUT2D eigenvalue weighted by Gasteiger charge is -2.08. The fourth-order valence-electron chi connectivity index (χ4n) is 1.53. The standard InChI is InChI=1S/C13H19FN2O2/c1-15-6-5-13(17)16-8-10-3-4-12(14)11(7-10)9-18-2/h3-4,7,15H,5-6,8-9H2,1-2H3,(H,16,17). The predicted molar refractivity (Wildman–Crippen MR) is 67.5 cm³/mol. The van der Waals surface area contributed by atoms with Crippen LogP contribution in [0.2, 0.25) is 0 Å². The molecule has 4 nitrogen and oxygen atoms in total. The van der Waals surface area contributed by atoms with Crippen LogP contribution in [0.3, 0.4) is 0 Å². The molecule has 0 bridgehead atoms. The highest BCUT2D eigenvalue weighted by molar-refractivity contribution is 5.76. The number of amides is 1. The molecule has 1 aromatic carbocycles. The fourth-order valence-corrected chi connectivity index (χ4v) is 1.53. The molecule has 0 aliphatic rings. The van der Waals surface area contributed by atoms with Crippen LogP contribution in [0.25, 0.3) is 0 Å². The van der Waals surface area contributed by atoms with Gasteiger partial charge in [-0.2, -0.15) is 0 Å². The molecule has 5 heteroatoms. The van der Waals surface area contributed by atoms with E-state index in [-0.39, 0.29) is 18.3 Å². The Labute approximate surface area is 107 Å². The van der Waals surface area contributed by atoms with E-state index in [0.29, 0.717) is 25.1 Å². The quantitative estimate of drug-likeness (QED) is 0.768. The zero-order valence-electron chi connectivity index (χ0n) is 10.8. The first-order chi connectivity index (χ1) is 8.67. The minimum absolute atomic E-state index is 0.0260. The van der Waals surface area contributed by atoms with Crippen molar-refractivity contribution in [2.75, 3.05) is 20.7 Å². The largest absolute Gasteiger partial charge is 0.380 e. The van der Waals surface area contributed by atoms with Crippen molar-refractivity contribution in [1.29, 1.82) is 0 Å². The van der Waals surface area contributed by atoms with Gasteiger partial charge in [0.05, 0.1) is 6.61 Å². The molecule has 18 heavy (non-hydrogen) atoms. The number of carbonyl (C=O) groups is 1. The maximum Gasteiger partial charge on any atom is 0.221 e. The molecule has 0 heterocycles. The van der Waals surface area contributed by atoms with Crippen LogP contribution >= 0.6 is 0 Å². The summed E-state index contributed by atoms with van der Waals surface area (Å²) in [5, 5.41) is 5.68. The van der Waals surface area contributed by atoms with Gasteiger partial charge in [-0.3, -0.25) is 4.79 Å². The second-order valence-electron chi connectivity index (χ2n) is 3.99. The molecule has 1 rings (SSSR count). The van der Waals surface area contributed by atoms with E-state index in [0.717, 1.165) is 5.56 Å². The number of methoxy groups -OCH3 is 1. The second-order valence-corrected chi connectivity index (χ2v) is 3.99. The van der Waals surface area contributed by atoms with Gasteiger partial charge >= 0.3 is 0 Å². The molecule has 0 aromatic heterocycles. The predicted octanol–water partition coefficient (Wildman–Crippen LogP) is 1.20. The van der Waals surface area contributed by atoms with Crippen LogP contribution in [-0.2, 0) is 22.7 Å². The summed E-state index contributed by atoms with van der Waals surface area (Å²) >= 11 is 0. The number of carbonyl (C=O) groups excluding carboxylic acids is 1. The van der Waals surface area contributed by atoms with Gasteiger partial charge < -0.3 is 15.4 Å². The number of hydrogen-bond acceptors (Lipinski definition) is 3. The summed E-state index contributed by atoms with van der Waals surface area (Å²) < 4.78 is 18.3. The molecule has 0 spiro atoms. The summed E-state index contributed by atoms with van der Waals surface area (Å²) in [5.41, 5.74) is 1.36. The lowest BCUT2D eigenvalue weighted by Crippen LogP contribution is -2.26. The van der Waals surface area contributed by atoms with E-state index in [1.54, 1.807) is 19.2 Å². The first-order valence-corrected chi connectivity index (χ1v) is 5.85. The first-order valence-electron chi connectivity index (χ1n) is 5.85. The monoisotopic (exact) mass is 254 g/mol. The van der Waals surface area contributed by atoms with Gasteiger partial charge in [-0.1, -0.05) is 6.07 Å². The smallest absolute Gasteiger partial charge is 0.221 e. The maximum atomic E-state index is 13.3. The number of ether oxygens (including phenoxy) is 1.